The maximum Gasteiger partial charge on any atom is 0.272 e. The highest BCUT2D eigenvalue weighted by Crippen LogP contribution is 2.15. The topological polar surface area (TPSA) is 125 Å². The Morgan fingerprint density at radius 2 is 2.00 bits per heavy atom. The Balaban J connectivity index is 1.98. The number of carbonyl (C=O) groups is 2. The second-order valence-electron chi connectivity index (χ2n) is 5.98. The lowest BCUT2D eigenvalue weighted by molar-refractivity contribution is 0.0719. The molecular weight excluding hydrogens is 326 g/mol. The molecule has 4 N–H and O–H groups in total. The van der Waals surface area contributed by atoms with Crippen molar-refractivity contribution in [2.75, 3.05) is 13.2 Å². The van der Waals surface area contributed by atoms with Gasteiger partial charge in [0.05, 0.1) is 24.4 Å². The Bertz CT molecular complexity index is 752. The number of carbonyl (C=O) groups excluding carboxylic acids is 2. The number of ketones is 1. The van der Waals surface area contributed by atoms with E-state index < -0.39 is 24.7 Å². The largest absolute Gasteiger partial charge is 0.487 e. The normalized spacial score (nSPS) is 11.2. The second-order valence-corrected chi connectivity index (χ2v) is 5.98. The number of aliphatic hydroxyl groups excluding tert-OH is 2. The quantitative estimate of drug-likeness (QED) is 0.520. The van der Waals surface area contributed by atoms with Gasteiger partial charge in [-0.1, -0.05) is 12.1 Å². The molecule has 8 heteroatoms. The molecule has 1 aromatic carbocycles. The van der Waals surface area contributed by atoms with E-state index >= 15 is 0 Å². The van der Waals surface area contributed by atoms with Crippen molar-refractivity contribution in [2.45, 2.75) is 26.0 Å². The number of benzene rings is 1. The molecule has 0 bridgehead atoms. The van der Waals surface area contributed by atoms with Crippen LogP contribution >= 0.6 is 0 Å². The summed E-state index contributed by atoms with van der Waals surface area (Å²) in [6.45, 7) is 2.33. The third kappa shape index (κ3) is 4.88. The van der Waals surface area contributed by atoms with E-state index in [1.807, 2.05) is 0 Å². The van der Waals surface area contributed by atoms with Gasteiger partial charge in [0.2, 0.25) is 0 Å². The number of nitrogens with one attached hydrogen (secondary N) is 2. The number of hydrogen-bond acceptors (Lipinski definition) is 6. The van der Waals surface area contributed by atoms with Crippen LogP contribution in [0, 0.1) is 0 Å². The van der Waals surface area contributed by atoms with Crippen LogP contribution in [0.4, 0.5) is 0 Å². The van der Waals surface area contributed by atoms with Gasteiger partial charge in [-0.2, -0.15) is 5.10 Å². The first-order chi connectivity index (χ1) is 11.9. The highest BCUT2D eigenvalue weighted by Gasteiger charge is 2.26. The zero-order valence-electron chi connectivity index (χ0n) is 14.1. The second kappa shape index (κ2) is 7.91. The lowest BCUT2D eigenvalue weighted by Gasteiger charge is -2.25. The molecule has 0 saturated heterocycles. The van der Waals surface area contributed by atoms with Crippen molar-refractivity contribution in [3.05, 3.63) is 47.3 Å². The molecule has 0 spiro atoms. The fraction of sp³-hybridized carbons (Fsp3) is 0.353. The van der Waals surface area contributed by atoms with Crippen molar-refractivity contribution in [2.24, 2.45) is 0 Å². The summed E-state index contributed by atoms with van der Waals surface area (Å²) in [5, 5.41) is 27.5. The molecule has 1 heterocycles. The maximum absolute atomic E-state index is 12.1. The number of amides is 1. The molecule has 0 radical (unpaired) electrons. The van der Waals surface area contributed by atoms with E-state index in [9.17, 15) is 19.8 Å². The van der Waals surface area contributed by atoms with E-state index in [-0.39, 0.29) is 18.1 Å². The van der Waals surface area contributed by atoms with Crippen LogP contribution in [0.15, 0.2) is 30.3 Å². The number of ether oxygens (including phenoxy) is 1. The number of hydrogen-bond donors (Lipinski definition) is 4. The van der Waals surface area contributed by atoms with Crippen molar-refractivity contribution >= 4 is 11.7 Å². The zero-order valence-corrected chi connectivity index (χ0v) is 14.1. The fourth-order valence-corrected chi connectivity index (χ4v) is 1.99. The molecule has 2 aromatic rings. The molecule has 0 aliphatic rings. The smallest absolute Gasteiger partial charge is 0.272 e. The van der Waals surface area contributed by atoms with Crippen molar-refractivity contribution in [1.82, 2.24) is 15.5 Å². The SMILES string of the molecule is CC(=O)c1cccc(OCc2cc(C(=O)NC(C)(CO)CO)n[nH]2)c1. The fourth-order valence-electron chi connectivity index (χ4n) is 1.99. The number of aromatic amines is 1. The molecule has 0 atom stereocenters. The number of H-pyrrole nitrogens is 1. The third-order valence-corrected chi connectivity index (χ3v) is 3.61. The predicted molar refractivity (Wildman–Crippen MR) is 89.4 cm³/mol. The van der Waals surface area contributed by atoms with Gasteiger partial charge in [0.15, 0.2) is 5.78 Å². The summed E-state index contributed by atoms with van der Waals surface area (Å²) in [4.78, 5) is 23.5. The minimum absolute atomic E-state index is 0.0539. The summed E-state index contributed by atoms with van der Waals surface area (Å²) >= 11 is 0. The average Bonchev–Trinajstić information content (AvgIpc) is 3.09. The van der Waals surface area contributed by atoms with Crippen molar-refractivity contribution in [3.63, 3.8) is 0 Å². The van der Waals surface area contributed by atoms with Crippen LogP contribution in [0.25, 0.3) is 0 Å². The summed E-state index contributed by atoms with van der Waals surface area (Å²) < 4.78 is 5.58. The van der Waals surface area contributed by atoms with Crippen LogP contribution in [-0.4, -0.2) is 50.9 Å². The molecule has 0 unspecified atom stereocenters. The first-order valence-electron chi connectivity index (χ1n) is 7.69. The van der Waals surface area contributed by atoms with Gasteiger partial charge in [-0.3, -0.25) is 14.7 Å². The summed E-state index contributed by atoms with van der Waals surface area (Å²) in [7, 11) is 0. The maximum atomic E-state index is 12.1. The molecule has 1 amide bonds. The summed E-state index contributed by atoms with van der Waals surface area (Å²) in [6.07, 6.45) is 0. The number of nitrogens with zero attached hydrogens (tertiary/aromatic N) is 1. The van der Waals surface area contributed by atoms with E-state index in [0.29, 0.717) is 17.0 Å². The van der Waals surface area contributed by atoms with Crippen LogP contribution in [0.3, 0.4) is 0 Å². The Morgan fingerprint density at radius 3 is 2.64 bits per heavy atom. The van der Waals surface area contributed by atoms with Gasteiger partial charge in [-0.25, -0.2) is 0 Å². The van der Waals surface area contributed by atoms with Crippen molar-refractivity contribution in [1.29, 1.82) is 0 Å². The molecule has 0 aliphatic carbocycles. The highest BCUT2D eigenvalue weighted by atomic mass is 16.5. The lowest BCUT2D eigenvalue weighted by Crippen LogP contribution is -2.51. The number of aromatic nitrogens is 2. The molecule has 1 aromatic heterocycles. The van der Waals surface area contributed by atoms with Gasteiger partial charge < -0.3 is 20.3 Å². The third-order valence-electron chi connectivity index (χ3n) is 3.61. The first-order valence-corrected chi connectivity index (χ1v) is 7.69. The zero-order chi connectivity index (χ0) is 18.4. The molecular formula is C17H21N3O5. The van der Waals surface area contributed by atoms with Gasteiger partial charge in [0.25, 0.3) is 5.91 Å². The van der Waals surface area contributed by atoms with Crippen molar-refractivity contribution < 1.29 is 24.5 Å². The Morgan fingerprint density at radius 1 is 1.28 bits per heavy atom. The molecule has 0 saturated carbocycles. The lowest BCUT2D eigenvalue weighted by atomic mass is 10.1. The summed E-state index contributed by atoms with van der Waals surface area (Å²) in [5.74, 6) is -0.0464. The molecule has 25 heavy (non-hydrogen) atoms. The van der Waals surface area contributed by atoms with E-state index in [1.165, 1.54) is 19.9 Å². The van der Waals surface area contributed by atoms with E-state index in [4.69, 9.17) is 4.74 Å². The van der Waals surface area contributed by atoms with Crippen LogP contribution in [-0.2, 0) is 6.61 Å². The first kappa shape index (κ1) is 18.6. The van der Waals surface area contributed by atoms with Crippen molar-refractivity contribution in [3.8, 4) is 5.75 Å². The standard InChI is InChI=1S/C17H21N3O5/c1-11(23)12-4-3-5-14(6-12)25-8-13-7-15(20-19-13)16(24)18-17(2,9-21)10-22/h3-7,21-22H,8-10H2,1-2H3,(H,18,24)(H,19,20). The molecule has 8 nitrogen and oxygen atoms in total. The van der Waals surface area contributed by atoms with E-state index in [0.717, 1.165) is 0 Å². The average molecular weight is 347 g/mol. The van der Waals surface area contributed by atoms with Gasteiger partial charge in [-0.05, 0) is 32.0 Å². The summed E-state index contributed by atoms with van der Waals surface area (Å²) in [6, 6.07) is 8.31. The van der Waals surface area contributed by atoms with Gasteiger partial charge in [-0.15, -0.1) is 0 Å². The van der Waals surface area contributed by atoms with Gasteiger partial charge in [0, 0.05) is 5.56 Å². The number of Topliss-reactive ketones (excluding diaryl/α,β-unsaturated/α-hetero) is 1. The monoisotopic (exact) mass is 347 g/mol. The molecule has 134 valence electrons. The predicted octanol–water partition coefficient (Wildman–Crippen LogP) is 0.664. The minimum atomic E-state index is -1.13. The van der Waals surface area contributed by atoms with Crippen LogP contribution in [0.1, 0.15) is 40.4 Å². The molecule has 0 fully saturated rings. The number of rotatable bonds is 8. The van der Waals surface area contributed by atoms with E-state index in [2.05, 4.69) is 15.5 Å². The number of aliphatic hydroxyl groups is 2. The van der Waals surface area contributed by atoms with Crippen LogP contribution < -0.4 is 10.1 Å². The minimum Gasteiger partial charge on any atom is -0.487 e. The molecule has 2 rings (SSSR count). The van der Waals surface area contributed by atoms with Crippen LogP contribution in [0.2, 0.25) is 0 Å². The van der Waals surface area contributed by atoms with Gasteiger partial charge >= 0.3 is 0 Å². The Kier molecular flexibility index (Phi) is 5.89. The summed E-state index contributed by atoms with van der Waals surface area (Å²) in [5.41, 5.74) is 0.103. The molecule has 0 aliphatic heterocycles. The Labute approximate surface area is 144 Å². The Hall–Kier alpha value is -2.71. The van der Waals surface area contributed by atoms with Crippen LogP contribution in [0.5, 0.6) is 5.75 Å². The highest BCUT2D eigenvalue weighted by molar-refractivity contribution is 5.94. The van der Waals surface area contributed by atoms with Gasteiger partial charge in [0.1, 0.15) is 18.1 Å². The van der Waals surface area contributed by atoms with E-state index in [1.54, 1.807) is 24.3 Å².